The Labute approximate surface area is 187 Å². The Kier molecular flexibility index (Phi) is 19.1. The fourth-order valence-electron chi connectivity index (χ4n) is 2.51. The summed E-state index contributed by atoms with van der Waals surface area (Å²) in [6.45, 7) is 12.7. The molecule has 3 amide bonds. The predicted molar refractivity (Wildman–Crippen MR) is 127 cm³/mol. The molecule has 0 aromatic heterocycles. The maximum Gasteiger partial charge on any atom is 0.242 e. The maximum absolute atomic E-state index is 12.0. The summed E-state index contributed by atoms with van der Waals surface area (Å²) in [4.78, 5) is 36.8. The number of amides is 3. The number of ether oxygens (including phenoxy) is 1. The lowest BCUT2D eigenvalue weighted by molar-refractivity contribution is -0.138. The molecule has 1 aromatic rings. The van der Waals surface area contributed by atoms with E-state index < -0.39 is 0 Å². The molecule has 1 fully saturated rings. The molecule has 1 aliphatic heterocycles. The summed E-state index contributed by atoms with van der Waals surface area (Å²) < 4.78 is 5.09. The number of nitrogens with one attached hydrogen (secondary N) is 1. The quantitative estimate of drug-likeness (QED) is 0.610. The molecule has 2 rings (SSSR count). The molecule has 1 aliphatic rings. The number of thioether (sulfide) groups is 1. The molecule has 6 nitrogen and oxygen atoms in total. The van der Waals surface area contributed by atoms with Crippen molar-refractivity contribution in [1.29, 1.82) is 0 Å². The van der Waals surface area contributed by atoms with Crippen LogP contribution >= 0.6 is 11.8 Å². The zero-order chi connectivity index (χ0) is 23.5. The van der Waals surface area contributed by atoms with Crippen molar-refractivity contribution in [2.75, 3.05) is 26.5 Å². The second-order valence-corrected chi connectivity index (χ2v) is 6.55. The molecule has 0 spiro atoms. The van der Waals surface area contributed by atoms with E-state index in [1.165, 1.54) is 16.7 Å². The molecule has 1 heterocycles. The Hall–Kier alpha value is -2.02. The Morgan fingerprint density at radius 1 is 1.10 bits per heavy atom. The highest BCUT2D eigenvalue weighted by molar-refractivity contribution is 8.00. The third kappa shape index (κ3) is 10.7. The zero-order valence-electron chi connectivity index (χ0n) is 19.9. The first-order chi connectivity index (χ1) is 14.5. The van der Waals surface area contributed by atoms with E-state index in [2.05, 4.69) is 5.32 Å². The van der Waals surface area contributed by atoms with Gasteiger partial charge in [-0.2, -0.15) is 11.8 Å². The van der Waals surface area contributed by atoms with Gasteiger partial charge in [0, 0.05) is 25.9 Å². The van der Waals surface area contributed by atoms with Gasteiger partial charge in [-0.1, -0.05) is 53.7 Å². The number of nitrogens with zero attached hydrogens (tertiary/aromatic N) is 1. The summed E-state index contributed by atoms with van der Waals surface area (Å²) in [6, 6.07) is 7.66. The number of rotatable bonds is 8. The van der Waals surface area contributed by atoms with E-state index in [9.17, 15) is 14.4 Å². The molecule has 1 atom stereocenters. The summed E-state index contributed by atoms with van der Waals surface area (Å²) in [5, 5.41) is 2.52. The first-order valence-corrected chi connectivity index (χ1v) is 12.1. The highest BCUT2D eigenvalue weighted by Gasteiger charge is 2.37. The number of carbonyl (C=O) groups excluding carboxylic acids is 3. The number of hydrogen-bond donors (Lipinski definition) is 1. The van der Waals surface area contributed by atoms with Crippen molar-refractivity contribution < 1.29 is 19.1 Å². The van der Waals surface area contributed by atoms with Crippen molar-refractivity contribution >= 4 is 29.5 Å². The molecule has 1 aromatic carbocycles. The third-order valence-corrected chi connectivity index (χ3v) is 4.88. The van der Waals surface area contributed by atoms with Crippen molar-refractivity contribution in [3.8, 4) is 5.75 Å². The lowest BCUT2D eigenvalue weighted by Crippen LogP contribution is -2.35. The largest absolute Gasteiger partial charge is 0.497 e. The van der Waals surface area contributed by atoms with Gasteiger partial charge >= 0.3 is 0 Å². The number of methoxy groups -OCH3 is 1. The van der Waals surface area contributed by atoms with Gasteiger partial charge in [0.1, 0.15) is 5.75 Å². The summed E-state index contributed by atoms with van der Waals surface area (Å²) in [6.07, 6.45) is 2.90. The molecule has 0 aliphatic carbocycles. The standard InChI is InChI=1S/C17H22N2O4S.3C2H6/c1-23-13-5-3-12(4-6-13)7-9-18-15(20)8-10-19-16(21)11-14(24-2)17(19)22;3*1-2/h3-6,14H,7-11H2,1-2H3,(H,18,20);3*1-2H3. The van der Waals surface area contributed by atoms with Crippen molar-refractivity contribution in [2.24, 2.45) is 0 Å². The van der Waals surface area contributed by atoms with Gasteiger partial charge < -0.3 is 10.1 Å². The smallest absolute Gasteiger partial charge is 0.242 e. The summed E-state index contributed by atoms with van der Waals surface area (Å²) in [5.41, 5.74) is 1.10. The van der Waals surface area contributed by atoms with Crippen LogP contribution in [0.3, 0.4) is 0 Å². The van der Waals surface area contributed by atoms with E-state index in [0.717, 1.165) is 11.3 Å². The van der Waals surface area contributed by atoms with Crippen LogP contribution in [0.2, 0.25) is 0 Å². The Balaban J connectivity index is 0. The van der Waals surface area contributed by atoms with Crippen molar-refractivity contribution in [3.05, 3.63) is 29.8 Å². The molecular weight excluding hydrogens is 400 g/mol. The highest BCUT2D eigenvalue weighted by atomic mass is 32.2. The Morgan fingerprint density at radius 3 is 2.13 bits per heavy atom. The minimum atomic E-state index is -0.296. The molecule has 1 N–H and O–H groups in total. The molecule has 0 saturated carbocycles. The fraction of sp³-hybridized carbons (Fsp3) is 0.609. The maximum atomic E-state index is 12.0. The normalized spacial score (nSPS) is 14.4. The monoisotopic (exact) mass is 440 g/mol. The lowest BCUT2D eigenvalue weighted by atomic mass is 10.1. The second-order valence-electron chi connectivity index (χ2n) is 5.51. The highest BCUT2D eigenvalue weighted by Crippen LogP contribution is 2.23. The van der Waals surface area contributed by atoms with Crippen LogP contribution in [0.1, 0.15) is 59.9 Å². The van der Waals surface area contributed by atoms with Gasteiger partial charge in [0.05, 0.1) is 12.4 Å². The average Bonchev–Trinajstić information content (AvgIpc) is 3.09. The molecule has 7 heteroatoms. The molecule has 30 heavy (non-hydrogen) atoms. The Morgan fingerprint density at radius 2 is 1.67 bits per heavy atom. The molecular formula is C23H40N2O4S. The number of carbonyl (C=O) groups is 3. The molecule has 172 valence electrons. The summed E-state index contributed by atoms with van der Waals surface area (Å²) in [7, 11) is 1.62. The number of imide groups is 1. The minimum absolute atomic E-state index is 0.140. The van der Waals surface area contributed by atoms with E-state index in [1.807, 2.05) is 72.1 Å². The first kappa shape index (κ1) is 30.2. The van der Waals surface area contributed by atoms with Crippen LogP contribution in [0.5, 0.6) is 5.75 Å². The number of likely N-dealkylation sites (tertiary alicyclic amines) is 1. The van der Waals surface area contributed by atoms with Crippen LogP contribution < -0.4 is 10.1 Å². The van der Waals surface area contributed by atoms with Gasteiger partial charge in [-0.05, 0) is 30.4 Å². The Bertz CT molecular complexity index is 606. The van der Waals surface area contributed by atoms with Crippen LogP contribution in [-0.4, -0.2) is 54.3 Å². The van der Waals surface area contributed by atoms with Crippen LogP contribution in [0.25, 0.3) is 0 Å². The van der Waals surface area contributed by atoms with E-state index in [-0.39, 0.29) is 42.4 Å². The van der Waals surface area contributed by atoms with E-state index in [1.54, 1.807) is 7.11 Å². The topological polar surface area (TPSA) is 75.7 Å². The van der Waals surface area contributed by atoms with Crippen molar-refractivity contribution in [3.63, 3.8) is 0 Å². The third-order valence-electron chi connectivity index (χ3n) is 3.94. The molecule has 0 radical (unpaired) electrons. The number of hydrogen-bond acceptors (Lipinski definition) is 5. The van der Waals surface area contributed by atoms with Crippen molar-refractivity contribution in [1.82, 2.24) is 10.2 Å². The average molecular weight is 441 g/mol. The second kappa shape index (κ2) is 19.0. The van der Waals surface area contributed by atoms with Gasteiger partial charge in [0.2, 0.25) is 17.7 Å². The zero-order valence-corrected chi connectivity index (χ0v) is 20.7. The fourth-order valence-corrected chi connectivity index (χ4v) is 3.15. The summed E-state index contributed by atoms with van der Waals surface area (Å²) >= 11 is 1.37. The van der Waals surface area contributed by atoms with Crippen LogP contribution in [-0.2, 0) is 20.8 Å². The van der Waals surface area contributed by atoms with Gasteiger partial charge in [-0.25, -0.2) is 0 Å². The van der Waals surface area contributed by atoms with Crippen LogP contribution in [0.15, 0.2) is 24.3 Å². The van der Waals surface area contributed by atoms with Crippen molar-refractivity contribution in [2.45, 2.75) is 66.1 Å². The van der Waals surface area contributed by atoms with Crippen LogP contribution in [0, 0.1) is 0 Å². The lowest BCUT2D eigenvalue weighted by Gasteiger charge is -2.14. The molecule has 1 unspecified atom stereocenters. The van der Waals surface area contributed by atoms with Gasteiger partial charge in [-0.3, -0.25) is 19.3 Å². The van der Waals surface area contributed by atoms with Gasteiger partial charge in [0.25, 0.3) is 0 Å². The van der Waals surface area contributed by atoms with E-state index in [4.69, 9.17) is 4.74 Å². The molecule has 0 bridgehead atoms. The summed E-state index contributed by atoms with van der Waals surface area (Å²) in [5.74, 6) is 0.270. The van der Waals surface area contributed by atoms with Crippen LogP contribution in [0.4, 0.5) is 0 Å². The molecule has 1 saturated heterocycles. The van der Waals surface area contributed by atoms with E-state index in [0.29, 0.717) is 13.0 Å². The van der Waals surface area contributed by atoms with E-state index >= 15 is 0 Å². The van der Waals surface area contributed by atoms with Gasteiger partial charge in [-0.15, -0.1) is 0 Å². The first-order valence-electron chi connectivity index (χ1n) is 10.8. The predicted octanol–water partition coefficient (Wildman–Crippen LogP) is 4.31. The minimum Gasteiger partial charge on any atom is -0.497 e. The number of benzene rings is 1. The van der Waals surface area contributed by atoms with Gasteiger partial charge in [0.15, 0.2) is 0 Å². The SMILES string of the molecule is CC.CC.CC.COc1ccc(CCNC(=O)CCN2C(=O)CC(SC)C2=O)cc1.